The molecule has 1 unspecified atom stereocenters. The van der Waals surface area contributed by atoms with Gasteiger partial charge in [0.2, 0.25) is 0 Å². The number of alkyl halides is 1. The first-order valence-corrected chi connectivity index (χ1v) is 5.60. The van der Waals surface area contributed by atoms with Crippen molar-refractivity contribution in [3.05, 3.63) is 0 Å². The van der Waals surface area contributed by atoms with Crippen molar-refractivity contribution in [2.75, 3.05) is 0 Å². The third-order valence-corrected chi connectivity index (χ3v) is 3.52. The molecule has 1 atom stereocenters. The molecule has 15 heavy (non-hydrogen) atoms. The van der Waals surface area contributed by atoms with Gasteiger partial charge in [-0.3, -0.25) is 0 Å². The third-order valence-electron chi connectivity index (χ3n) is 3.10. The molecule has 0 radical (unpaired) electrons. The Kier molecular flexibility index (Phi) is 3.70. The number of halogens is 1. The normalized spacial score (nSPS) is 24.9. The van der Waals surface area contributed by atoms with Gasteiger partial charge < -0.3 is 9.31 Å². The van der Waals surface area contributed by atoms with Crippen molar-refractivity contribution < 1.29 is 9.31 Å². The highest BCUT2D eigenvalue weighted by atomic mass is 35.5. The average Bonchev–Trinajstić information content (AvgIpc) is 2.32. The second kappa shape index (κ2) is 4.33. The molecule has 1 aliphatic heterocycles. The van der Waals surface area contributed by atoms with Gasteiger partial charge in [0.25, 0.3) is 0 Å². The second-order valence-corrected chi connectivity index (χ2v) is 5.40. The molecule has 1 aliphatic rings. The number of rotatable bonds is 3. The summed E-state index contributed by atoms with van der Waals surface area (Å²) in [5.41, 5.74) is -0.700. The molecule has 0 saturated carbocycles. The molecule has 5 heteroatoms. The van der Waals surface area contributed by atoms with Crippen LogP contribution in [-0.4, -0.2) is 23.6 Å². The topological polar surface area (TPSA) is 42.2 Å². The molecule has 84 valence electrons. The van der Waals surface area contributed by atoms with E-state index in [4.69, 9.17) is 26.2 Å². The van der Waals surface area contributed by atoms with Crippen LogP contribution in [0.4, 0.5) is 0 Å². The van der Waals surface area contributed by atoms with Gasteiger partial charge in [-0.2, -0.15) is 5.26 Å². The van der Waals surface area contributed by atoms with Gasteiger partial charge in [-0.1, -0.05) is 0 Å². The Morgan fingerprint density at radius 3 is 2.13 bits per heavy atom. The van der Waals surface area contributed by atoms with Crippen molar-refractivity contribution in [2.24, 2.45) is 0 Å². The highest BCUT2D eigenvalue weighted by Crippen LogP contribution is 2.38. The molecular formula is C10H17BClNO2. The number of nitrogens with zero attached hydrogens (tertiary/aromatic N) is 1. The predicted octanol–water partition coefficient (Wildman–Crippen LogP) is 2.53. The molecule has 1 saturated heterocycles. The molecule has 0 spiro atoms. The van der Waals surface area contributed by atoms with Gasteiger partial charge in [0.15, 0.2) is 0 Å². The van der Waals surface area contributed by atoms with Crippen LogP contribution in [0.15, 0.2) is 0 Å². The minimum absolute atomic E-state index is 0.259. The lowest BCUT2D eigenvalue weighted by Crippen LogP contribution is -2.41. The summed E-state index contributed by atoms with van der Waals surface area (Å²) in [5, 5.41) is 8.21. The van der Waals surface area contributed by atoms with Gasteiger partial charge in [-0.15, -0.1) is 11.6 Å². The van der Waals surface area contributed by atoms with Crippen LogP contribution in [0.25, 0.3) is 0 Å². The van der Waals surface area contributed by atoms with Gasteiger partial charge in [0.05, 0.1) is 22.5 Å². The first-order valence-electron chi connectivity index (χ1n) is 5.17. The zero-order valence-corrected chi connectivity index (χ0v) is 10.5. The van der Waals surface area contributed by atoms with Gasteiger partial charge in [0.1, 0.15) is 0 Å². The van der Waals surface area contributed by atoms with Crippen molar-refractivity contribution >= 4 is 18.7 Å². The number of nitriles is 1. The minimum atomic E-state index is -0.412. The maximum atomic E-state index is 8.47. The lowest BCUT2D eigenvalue weighted by atomic mass is 9.82. The Morgan fingerprint density at radius 1 is 1.27 bits per heavy atom. The van der Waals surface area contributed by atoms with Crippen LogP contribution in [0.3, 0.4) is 0 Å². The molecule has 0 amide bonds. The van der Waals surface area contributed by atoms with Gasteiger partial charge in [-0.25, -0.2) is 0 Å². The fraction of sp³-hybridized carbons (Fsp3) is 0.900. The summed E-state index contributed by atoms with van der Waals surface area (Å²) in [7, 11) is -0.412. The molecule has 1 fully saturated rings. The van der Waals surface area contributed by atoms with Gasteiger partial charge in [-0.05, 0) is 34.1 Å². The third kappa shape index (κ3) is 2.66. The molecule has 0 aromatic heterocycles. The largest absolute Gasteiger partial charge is 0.477 e. The van der Waals surface area contributed by atoms with E-state index in [2.05, 4.69) is 6.07 Å². The quantitative estimate of drug-likeness (QED) is 0.552. The van der Waals surface area contributed by atoms with Crippen LogP contribution in [0.2, 0.25) is 0 Å². The Hall–Kier alpha value is -0.235. The molecule has 0 aromatic rings. The van der Waals surface area contributed by atoms with Crippen molar-refractivity contribution in [3.63, 3.8) is 0 Å². The van der Waals surface area contributed by atoms with Crippen molar-refractivity contribution in [3.8, 4) is 6.07 Å². The zero-order chi connectivity index (χ0) is 11.7. The summed E-state index contributed by atoms with van der Waals surface area (Å²) in [5.74, 6) is 0. The van der Waals surface area contributed by atoms with Crippen molar-refractivity contribution in [1.82, 2.24) is 0 Å². The maximum absolute atomic E-state index is 8.47. The molecule has 0 aromatic carbocycles. The molecule has 0 bridgehead atoms. The smallest absolute Gasteiger partial charge is 0.402 e. The Morgan fingerprint density at radius 2 is 1.73 bits per heavy atom. The van der Waals surface area contributed by atoms with Gasteiger partial charge >= 0.3 is 7.12 Å². The average molecular weight is 230 g/mol. The summed E-state index contributed by atoms with van der Waals surface area (Å²) in [4.78, 5) is 0. The maximum Gasteiger partial charge on any atom is 0.477 e. The highest BCUT2D eigenvalue weighted by molar-refractivity contribution is 6.59. The molecular weight excluding hydrogens is 212 g/mol. The summed E-state index contributed by atoms with van der Waals surface area (Å²) in [6.45, 7) is 7.95. The van der Waals surface area contributed by atoms with E-state index in [-0.39, 0.29) is 16.5 Å². The molecule has 1 heterocycles. The lowest BCUT2D eigenvalue weighted by Gasteiger charge is -2.32. The number of hydrogen-bond acceptors (Lipinski definition) is 3. The molecule has 1 rings (SSSR count). The molecule has 0 aliphatic carbocycles. The predicted molar refractivity (Wildman–Crippen MR) is 60.6 cm³/mol. The highest BCUT2D eigenvalue weighted by Gasteiger charge is 2.53. The Balaban J connectivity index is 2.59. The van der Waals surface area contributed by atoms with Crippen LogP contribution < -0.4 is 0 Å². The fourth-order valence-corrected chi connectivity index (χ4v) is 1.59. The Bertz CT molecular complexity index is 259. The molecule has 3 nitrogen and oxygen atoms in total. The molecule has 0 N–H and O–H groups in total. The monoisotopic (exact) mass is 229 g/mol. The van der Waals surface area contributed by atoms with Crippen LogP contribution >= 0.6 is 11.6 Å². The van der Waals surface area contributed by atoms with Crippen LogP contribution in [0.1, 0.15) is 40.5 Å². The SMILES string of the molecule is CC1(C)OB(C(Cl)CCC#N)OC1(C)C. The van der Waals surface area contributed by atoms with E-state index in [1.54, 1.807) is 0 Å². The number of hydrogen-bond donors (Lipinski definition) is 0. The lowest BCUT2D eigenvalue weighted by molar-refractivity contribution is 0.00578. The standard InChI is InChI=1S/C10H17BClNO2/c1-9(2)10(3,4)15-11(14-9)8(12)6-5-7-13/h8H,5-6H2,1-4H3. The second-order valence-electron chi connectivity index (χ2n) is 4.84. The summed E-state index contributed by atoms with van der Waals surface area (Å²) in [6.07, 6.45) is 1.02. The van der Waals surface area contributed by atoms with E-state index in [0.717, 1.165) is 0 Å². The minimum Gasteiger partial charge on any atom is -0.402 e. The zero-order valence-electron chi connectivity index (χ0n) is 9.71. The van der Waals surface area contributed by atoms with Crippen molar-refractivity contribution in [1.29, 1.82) is 5.26 Å². The van der Waals surface area contributed by atoms with E-state index in [0.29, 0.717) is 12.8 Å². The van der Waals surface area contributed by atoms with E-state index in [1.165, 1.54) is 0 Å². The first-order chi connectivity index (χ1) is 6.80. The first kappa shape index (κ1) is 12.8. The van der Waals surface area contributed by atoms with Crippen LogP contribution in [-0.2, 0) is 9.31 Å². The van der Waals surface area contributed by atoms with E-state index < -0.39 is 7.12 Å². The van der Waals surface area contributed by atoms with E-state index in [1.807, 2.05) is 27.7 Å². The Labute approximate surface area is 96.8 Å². The summed E-state index contributed by atoms with van der Waals surface area (Å²) >= 11 is 6.12. The van der Waals surface area contributed by atoms with Gasteiger partial charge in [0, 0.05) is 6.42 Å². The van der Waals surface area contributed by atoms with E-state index >= 15 is 0 Å². The van der Waals surface area contributed by atoms with Crippen LogP contribution in [0.5, 0.6) is 0 Å². The van der Waals surface area contributed by atoms with Crippen LogP contribution in [0, 0.1) is 11.3 Å². The fourth-order valence-electron chi connectivity index (χ4n) is 1.37. The summed E-state index contributed by atoms with van der Waals surface area (Å²) in [6, 6.07) is 2.07. The van der Waals surface area contributed by atoms with E-state index in [9.17, 15) is 0 Å². The summed E-state index contributed by atoms with van der Waals surface area (Å²) < 4.78 is 11.5. The van der Waals surface area contributed by atoms with Crippen molar-refractivity contribution in [2.45, 2.75) is 57.0 Å².